The SMILES string of the molecule is C=C(CCCCCCCCCCCCCCC)CC(C)CO.CCCCCCCCCCCCCCCCOC[C@](C)(COP(=O)([O-])CCC[NH3+])OCCCCCCC(=O)OCC.CCN(CC)CC.NCCO. The van der Waals surface area contributed by atoms with Gasteiger partial charge >= 0.3 is 5.97 Å². The molecule has 0 radical (unpaired) electrons. The number of allylic oxidation sites excluding steroid dienone is 1. The van der Waals surface area contributed by atoms with Crippen LogP contribution < -0.4 is 16.4 Å². The van der Waals surface area contributed by atoms with Crippen molar-refractivity contribution >= 4 is 13.6 Å². The average molecular weight is 1080 g/mol. The molecule has 0 rings (SSSR count). The molecule has 448 valence electrons. The Morgan fingerprint density at radius 2 is 1.03 bits per heavy atom. The number of ether oxygens (including phenoxy) is 3. The van der Waals surface area contributed by atoms with Crippen LogP contribution in [0.1, 0.15) is 280 Å². The van der Waals surface area contributed by atoms with Crippen molar-refractivity contribution in [3.8, 4) is 0 Å². The number of esters is 1. The van der Waals surface area contributed by atoms with E-state index in [0.717, 1.165) is 51.4 Å². The first kappa shape index (κ1) is 79.6. The van der Waals surface area contributed by atoms with E-state index in [4.69, 9.17) is 34.7 Å². The lowest BCUT2D eigenvalue weighted by molar-refractivity contribution is -0.367. The van der Waals surface area contributed by atoms with Gasteiger partial charge in [-0.05, 0) is 77.9 Å². The van der Waals surface area contributed by atoms with Crippen LogP contribution in [0.2, 0.25) is 0 Å². The van der Waals surface area contributed by atoms with E-state index in [9.17, 15) is 14.3 Å². The maximum atomic E-state index is 12.3. The van der Waals surface area contributed by atoms with Crippen molar-refractivity contribution in [3.05, 3.63) is 12.2 Å². The summed E-state index contributed by atoms with van der Waals surface area (Å²) in [7, 11) is -3.92. The van der Waals surface area contributed by atoms with Crippen molar-refractivity contribution in [3.63, 3.8) is 0 Å². The predicted octanol–water partition coefficient (Wildman–Crippen LogP) is 14.3. The molecule has 0 saturated carbocycles. The van der Waals surface area contributed by atoms with Gasteiger partial charge in [-0.3, -0.25) is 4.79 Å². The van der Waals surface area contributed by atoms with Crippen LogP contribution in [-0.4, -0.2) is 112 Å². The third kappa shape index (κ3) is 67.2. The maximum Gasteiger partial charge on any atom is 0.305 e. The van der Waals surface area contributed by atoms with E-state index in [0.29, 0.717) is 58.3 Å². The fraction of sp³-hybridized carbons (Fsp3) is 0.951. The van der Waals surface area contributed by atoms with Crippen molar-refractivity contribution in [2.45, 2.75) is 286 Å². The third-order valence-corrected chi connectivity index (χ3v) is 14.8. The Kier molecular flexibility index (Phi) is 69.5. The van der Waals surface area contributed by atoms with Crippen LogP contribution in [0.25, 0.3) is 0 Å². The van der Waals surface area contributed by atoms with Crippen LogP contribution in [0.4, 0.5) is 0 Å². The van der Waals surface area contributed by atoms with Crippen LogP contribution >= 0.6 is 7.60 Å². The summed E-state index contributed by atoms with van der Waals surface area (Å²) in [6, 6.07) is 0. The molecule has 0 aromatic heterocycles. The largest absolute Gasteiger partial charge is 0.778 e. The topological polar surface area (TPSA) is 191 Å². The van der Waals surface area contributed by atoms with Gasteiger partial charge in [0.2, 0.25) is 0 Å². The molecule has 12 nitrogen and oxygen atoms in total. The molecule has 0 aliphatic carbocycles. The monoisotopic (exact) mass is 1080 g/mol. The molecule has 0 aliphatic heterocycles. The molecule has 7 N–H and O–H groups in total. The number of rotatable bonds is 53. The number of hydrogen-bond acceptors (Lipinski definition) is 11. The van der Waals surface area contributed by atoms with E-state index in [1.54, 1.807) is 0 Å². The summed E-state index contributed by atoms with van der Waals surface area (Å²) in [5.74, 6) is 0.236. The lowest BCUT2D eigenvalue weighted by atomic mass is 9.98. The molecular formula is C61H130N3O9P. The zero-order valence-corrected chi connectivity index (χ0v) is 51.6. The second kappa shape index (κ2) is 64.6. The van der Waals surface area contributed by atoms with Gasteiger partial charge in [-0.1, -0.05) is 227 Å². The Labute approximate surface area is 460 Å². The van der Waals surface area contributed by atoms with Crippen LogP contribution in [0.15, 0.2) is 12.2 Å². The van der Waals surface area contributed by atoms with Gasteiger partial charge in [0.05, 0.1) is 33.0 Å². The number of unbranched alkanes of at least 4 members (excludes halogenated alkanes) is 28. The van der Waals surface area contributed by atoms with Crippen LogP contribution in [0.5, 0.6) is 0 Å². The molecule has 0 aliphatic rings. The van der Waals surface area contributed by atoms with Gasteiger partial charge in [0.25, 0.3) is 0 Å². The third-order valence-electron chi connectivity index (χ3n) is 13.4. The van der Waals surface area contributed by atoms with Crippen molar-refractivity contribution < 1.29 is 48.9 Å². The fourth-order valence-electron chi connectivity index (χ4n) is 8.42. The number of nitrogens with zero attached hydrogens (tertiary/aromatic N) is 1. The second-order valence-electron chi connectivity index (χ2n) is 21.1. The van der Waals surface area contributed by atoms with Crippen molar-refractivity contribution in [2.24, 2.45) is 11.7 Å². The minimum Gasteiger partial charge on any atom is -0.778 e. The number of carbonyl (C=O) groups is 1. The van der Waals surface area contributed by atoms with Gasteiger partial charge in [-0.15, -0.1) is 0 Å². The number of aliphatic hydroxyl groups is 2. The fourth-order valence-corrected chi connectivity index (χ4v) is 9.63. The molecule has 2 unspecified atom stereocenters. The molecule has 0 fully saturated rings. The molecule has 0 aromatic carbocycles. The highest BCUT2D eigenvalue weighted by molar-refractivity contribution is 7.51. The quantitative estimate of drug-likeness (QED) is 0.0196. The summed E-state index contributed by atoms with van der Waals surface area (Å²) in [6.07, 6.45) is 43.3. The summed E-state index contributed by atoms with van der Waals surface area (Å²) in [5, 5.41) is 16.8. The van der Waals surface area contributed by atoms with E-state index >= 15 is 0 Å². The summed E-state index contributed by atoms with van der Waals surface area (Å²) in [4.78, 5) is 26.1. The maximum absolute atomic E-state index is 12.3. The zero-order valence-electron chi connectivity index (χ0n) is 50.7. The highest BCUT2D eigenvalue weighted by Crippen LogP contribution is 2.38. The Bertz CT molecular complexity index is 1140. The van der Waals surface area contributed by atoms with Crippen molar-refractivity contribution in [2.75, 3.05) is 85.1 Å². The van der Waals surface area contributed by atoms with Gasteiger partial charge < -0.3 is 54.8 Å². The lowest BCUT2D eigenvalue weighted by Gasteiger charge is -2.33. The van der Waals surface area contributed by atoms with E-state index in [-0.39, 0.29) is 32.0 Å². The molecule has 3 atom stereocenters. The Morgan fingerprint density at radius 3 is 1.39 bits per heavy atom. The highest BCUT2D eigenvalue weighted by atomic mass is 31.2. The molecular weight excluding hydrogens is 950 g/mol. The molecule has 0 heterocycles. The summed E-state index contributed by atoms with van der Waals surface area (Å²) >= 11 is 0. The summed E-state index contributed by atoms with van der Waals surface area (Å²) in [5.41, 5.74) is 8.98. The first-order valence-corrected chi connectivity index (χ1v) is 32.9. The normalized spacial score (nSPS) is 13.2. The van der Waals surface area contributed by atoms with Gasteiger partial charge in [-0.25, -0.2) is 0 Å². The smallest absolute Gasteiger partial charge is 0.305 e. The molecule has 0 amide bonds. The second-order valence-corrected chi connectivity index (χ2v) is 23.0. The Balaban J connectivity index is -0.000000612. The van der Waals surface area contributed by atoms with E-state index in [2.05, 4.69) is 58.8 Å². The van der Waals surface area contributed by atoms with Crippen LogP contribution in [0.3, 0.4) is 0 Å². The first-order valence-electron chi connectivity index (χ1n) is 31.2. The molecule has 13 heteroatoms. The van der Waals surface area contributed by atoms with E-state index in [1.807, 2.05) is 13.8 Å². The zero-order chi connectivity index (χ0) is 56.1. The first-order chi connectivity index (χ1) is 35.7. The number of hydrogen-bond donors (Lipinski definition) is 4. The summed E-state index contributed by atoms with van der Waals surface area (Å²) in [6.45, 7) is 27.7. The number of carbonyl (C=O) groups excluding carboxylic acids is 1. The molecule has 74 heavy (non-hydrogen) atoms. The summed E-state index contributed by atoms with van der Waals surface area (Å²) < 4.78 is 34.6. The lowest BCUT2D eigenvalue weighted by Crippen LogP contribution is -2.50. The molecule has 0 spiro atoms. The predicted molar refractivity (Wildman–Crippen MR) is 316 cm³/mol. The number of nitrogens with two attached hydrogens (primary N) is 1. The standard InChI is InChI=1S/C32H66NO7P.C21H42O.C6H15N.C2H7NO/c1-4-6-7-8-9-10-11-12-13-14-15-16-18-21-26-37-29-32(3,30-40-41(35,36)28-23-25-33)39-27-22-19-17-20-24-31(34)38-5-2;1-4-5-6-7-8-9-10-11-12-13-14-15-16-17-20(2)18-21(3)19-22;1-4-7(5-2)6-3;3-1-2-4/h4-30,33H2,1-3H3,(H,35,36);21-22H,2,4-19H2,1,3H3;4-6H2,1-3H3;4H,1-3H2/t32-;;;/m1.../s1. The van der Waals surface area contributed by atoms with Gasteiger partial charge in [0.15, 0.2) is 0 Å². The van der Waals surface area contributed by atoms with E-state index in [1.165, 1.54) is 186 Å². The molecule has 0 aromatic rings. The van der Waals surface area contributed by atoms with Gasteiger partial charge in [-0.2, -0.15) is 0 Å². The van der Waals surface area contributed by atoms with Crippen molar-refractivity contribution in [1.82, 2.24) is 4.90 Å². The molecule has 0 saturated heterocycles. The van der Waals surface area contributed by atoms with Crippen LogP contribution in [-0.2, 0) is 28.1 Å². The average Bonchev–Trinajstić information content (AvgIpc) is 3.39. The number of aliphatic hydroxyl groups excluding tert-OH is 2. The van der Waals surface area contributed by atoms with Gasteiger partial charge in [0, 0.05) is 45.4 Å². The minimum atomic E-state index is -3.92. The van der Waals surface area contributed by atoms with Gasteiger partial charge in [0.1, 0.15) is 13.2 Å². The van der Waals surface area contributed by atoms with Crippen molar-refractivity contribution in [1.29, 1.82) is 0 Å². The minimum absolute atomic E-state index is 0.00699. The highest BCUT2D eigenvalue weighted by Gasteiger charge is 2.28. The molecule has 0 bridgehead atoms. The van der Waals surface area contributed by atoms with Crippen LogP contribution in [0, 0.1) is 5.92 Å². The number of quaternary nitrogens is 1. The van der Waals surface area contributed by atoms with E-state index < -0.39 is 13.2 Å². The Morgan fingerprint density at radius 1 is 0.635 bits per heavy atom. The Hall–Kier alpha value is -0.920.